The first-order chi connectivity index (χ1) is 7.09. The number of carboxylic acid groups (broad SMARTS) is 1. The molecule has 1 heterocycles. The zero-order valence-corrected chi connectivity index (χ0v) is 8.61. The summed E-state index contributed by atoms with van der Waals surface area (Å²) in [7, 11) is 0. The topological polar surface area (TPSA) is 50.2 Å². The highest BCUT2D eigenvalue weighted by Gasteiger charge is 2.10. The molecule has 3 nitrogen and oxygen atoms in total. The number of aromatic nitrogens is 1. The van der Waals surface area contributed by atoms with Gasteiger partial charge >= 0.3 is 5.97 Å². The quantitative estimate of drug-likeness (QED) is 0.771. The number of benzene rings is 1. The van der Waals surface area contributed by atoms with E-state index in [1.54, 1.807) is 0 Å². The molecular weight excluding hydrogens is 190 g/mol. The van der Waals surface area contributed by atoms with Crippen LogP contribution in [0.1, 0.15) is 21.6 Å². The number of fused-ring (bicyclic) bond motifs is 1. The number of aryl methyl sites for hydroxylation is 2. The van der Waals surface area contributed by atoms with Gasteiger partial charge in [0.05, 0.1) is 0 Å². The van der Waals surface area contributed by atoms with Crippen LogP contribution in [0.15, 0.2) is 24.4 Å². The Morgan fingerprint density at radius 1 is 1.27 bits per heavy atom. The van der Waals surface area contributed by atoms with Crippen molar-refractivity contribution in [3.05, 3.63) is 41.2 Å². The highest BCUT2D eigenvalue weighted by Crippen LogP contribution is 2.22. The van der Waals surface area contributed by atoms with E-state index in [0.29, 0.717) is 5.39 Å². The van der Waals surface area contributed by atoms with Gasteiger partial charge in [-0.3, -0.25) is 0 Å². The molecule has 0 bridgehead atoms. The normalized spacial score (nSPS) is 10.5. The largest absolute Gasteiger partial charge is 0.476 e. The maximum absolute atomic E-state index is 11.0. The molecule has 76 valence electrons. The van der Waals surface area contributed by atoms with Crippen LogP contribution < -0.4 is 0 Å². The van der Waals surface area contributed by atoms with Gasteiger partial charge in [-0.1, -0.05) is 11.6 Å². The van der Waals surface area contributed by atoms with Crippen LogP contribution in [-0.2, 0) is 0 Å². The van der Waals surface area contributed by atoms with Crippen LogP contribution in [0.5, 0.6) is 0 Å². The van der Waals surface area contributed by atoms with Crippen molar-refractivity contribution in [1.82, 2.24) is 4.98 Å². The van der Waals surface area contributed by atoms with Crippen molar-refractivity contribution in [2.24, 2.45) is 0 Å². The van der Waals surface area contributed by atoms with Gasteiger partial charge in [-0.2, -0.15) is 0 Å². The van der Waals surface area contributed by atoms with Gasteiger partial charge in [-0.15, -0.1) is 0 Å². The average molecular weight is 201 g/mol. The standard InChI is InChI=1S/C12H11NO2/c1-7-5-8(2)9-3-4-13-11(12(14)15)10(9)6-7/h3-6H,1-2H3,(H,14,15). The molecule has 0 saturated carbocycles. The second-order valence-corrected chi connectivity index (χ2v) is 3.64. The minimum absolute atomic E-state index is 0.124. The Morgan fingerprint density at radius 2 is 2.00 bits per heavy atom. The van der Waals surface area contributed by atoms with Gasteiger partial charge in [0.15, 0.2) is 5.69 Å². The molecule has 1 aromatic heterocycles. The Kier molecular flexibility index (Phi) is 2.15. The van der Waals surface area contributed by atoms with Gasteiger partial charge in [0.25, 0.3) is 0 Å². The van der Waals surface area contributed by atoms with Crippen molar-refractivity contribution in [2.75, 3.05) is 0 Å². The third kappa shape index (κ3) is 1.56. The Balaban J connectivity index is 2.91. The van der Waals surface area contributed by atoms with E-state index in [1.165, 1.54) is 6.20 Å². The van der Waals surface area contributed by atoms with E-state index in [4.69, 9.17) is 5.11 Å². The Labute approximate surface area is 87.4 Å². The number of aromatic carboxylic acids is 1. The van der Waals surface area contributed by atoms with Crippen LogP contribution in [0.3, 0.4) is 0 Å². The zero-order valence-electron chi connectivity index (χ0n) is 8.61. The molecule has 0 fully saturated rings. The molecule has 3 heteroatoms. The van der Waals surface area contributed by atoms with E-state index >= 15 is 0 Å². The predicted molar refractivity (Wildman–Crippen MR) is 58.2 cm³/mol. The van der Waals surface area contributed by atoms with Crippen LogP contribution in [0.2, 0.25) is 0 Å². The summed E-state index contributed by atoms with van der Waals surface area (Å²) < 4.78 is 0. The maximum Gasteiger partial charge on any atom is 0.355 e. The first-order valence-corrected chi connectivity index (χ1v) is 4.69. The summed E-state index contributed by atoms with van der Waals surface area (Å²) in [6, 6.07) is 5.74. The lowest BCUT2D eigenvalue weighted by atomic mass is 10.0. The van der Waals surface area contributed by atoms with Gasteiger partial charge < -0.3 is 5.11 Å². The molecule has 0 aliphatic heterocycles. The highest BCUT2D eigenvalue weighted by molar-refractivity contribution is 6.02. The minimum atomic E-state index is -0.981. The Hall–Kier alpha value is -1.90. The first-order valence-electron chi connectivity index (χ1n) is 4.69. The summed E-state index contributed by atoms with van der Waals surface area (Å²) in [6.45, 7) is 3.92. The van der Waals surface area contributed by atoms with Gasteiger partial charge in [-0.05, 0) is 36.9 Å². The van der Waals surface area contributed by atoms with Crippen molar-refractivity contribution >= 4 is 16.7 Å². The molecular formula is C12H11NO2. The van der Waals surface area contributed by atoms with E-state index in [9.17, 15) is 4.79 Å². The Bertz CT molecular complexity index is 547. The number of carboxylic acids is 1. The molecule has 1 aromatic carbocycles. The van der Waals surface area contributed by atoms with Gasteiger partial charge in [0.2, 0.25) is 0 Å². The van der Waals surface area contributed by atoms with E-state index < -0.39 is 5.97 Å². The third-order valence-corrected chi connectivity index (χ3v) is 2.43. The maximum atomic E-state index is 11.0. The number of pyridine rings is 1. The third-order valence-electron chi connectivity index (χ3n) is 2.43. The summed E-state index contributed by atoms with van der Waals surface area (Å²) in [5.74, 6) is -0.981. The van der Waals surface area contributed by atoms with E-state index in [-0.39, 0.29) is 5.69 Å². The van der Waals surface area contributed by atoms with Crippen molar-refractivity contribution in [1.29, 1.82) is 0 Å². The first kappa shape index (κ1) is 9.65. The van der Waals surface area contributed by atoms with E-state index in [1.807, 2.05) is 32.0 Å². The van der Waals surface area contributed by atoms with Gasteiger partial charge in [0, 0.05) is 11.6 Å². The van der Waals surface area contributed by atoms with E-state index in [0.717, 1.165) is 16.5 Å². The SMILES string of the molecule is Cc1cc(C)c2ccnc(C(=O)O)c2c1. The summed E-state index contributed by atoms with van der Waals surface area (Å²) >= 11 is 0. The molecule has 0 saturated heterocycles. The monoisotopic (exact) mass is 201 g/mol. The zero-order chi connectivity index (χ0) is 11.0. The lowest BCUT2D eigenvalue weighted by Gasteiger charge is -2.05. The fourth-order valence-electron chi connectivity index (χ4n) is 1.82. The van der Waals surface area contributed by atoms with Crippen LogP contribution in [0.4, 0.5) is 0 Å². The molecule has 0 radical (unpaired) electrons. The molecule has 0 unspecified atom stereocenters. The second kappa shape index (κ2) is 3.35. The lowest BCUT2D eigenvalue weighted by molar-refractivity contribution is 0.0693. The van der Waals surface area contributed by atoms with Gasteiger partial charge in [0.1, 0.15) is 0 Å². The van der Waals surface area contributed by atoms with Crippen molar-refractivity contribution in [3.8, 4) is 0 Å². The van der Waals surface area contributed by atoms with Crippen LogP contribution in [0, 0.1) is 13.8 Å². The fraction of sp³-hybridized carbons (Fsp3) is 0.167. The van der Waals surface area contributed by atoms with Crippen molar-refractivity contribution in [3.63, 3.8) is 0 Å². The number of nitrogens with zero attached hydrogens (tertiary/aromatic N) is 1. The predicted octanol–water partition coefficient (Wildman–Crippen LogP) is 2.55. The number of hydrogen-bond acceptors (Lipinski definition) is 2. The fourth-order valence-corrected chi connectivity index (χ4v) is 1.82. The van der Waals surface area contributed by atoms with Crippen LogP contribution >= 0.6 is 0 Å². The highest BCUT2D eigenvalue weighted by atomic mass is 16.4. The van der Waals surface area contributed by atoms with Crippen molar-refractivity contribution in [2.45, 2.75) is 13.8 Å². The summed E-state index contributed by atoms with van der Waals surface area (Å²) in [4.78, 5) is 14.9. The summed E-state index contributed by atoms with van der Waals surface area (Å²) in [6.07, 6.45) is 1.54. The van der Waals surface area contributed by atoms with E-state index in [2.05, 4.69) is 4.98 Å². The molecule has 0 spiro atoms. The molecule has 0 amide bonds. The molecule has 2 rings (SSSR count). The lowest BCUT2D eigenvalue weighted by Crippen LogP contribution is -2.01. The summed E-state index contributed by atoms with van der Waals surface area (Å²) in [5.41, 5.74) is 2.25. The molecule has 2 aromatic rings. The second-order valence-electron chi connectivity index (χ2n) is 3.64. The number of hydrogen-bond donors (Lipinski definition) is 1. The molecule has 1 N–H and O–H groups in total. The molecule has 0 aliphatic rings. The van der Waals surface area contributed by atoms with Crippen LogP contribution in [-0.4, -0.2) is 16.1 Å². The van der Waals surface area contributed by atoms with Crippen LogP contribution in [0.25, 0.3) is 10.8 Å². The molecule has 0 aliphatic carbocycles. The minimum Gasteiger partial charge on any atom is -0.476 e. The molecule has 15 heavy (non-hydrogen) atoms. The summed E-state index contributed by atoms with van der Waals surface area (Å²) in [5, 5.41) is 10.7. The molecule has 0 atom stereocenters. The smallest absolute Gasteiger partial charge is 0.355 e. The number of carbonyl (C=O) groups is 1. The Morgan fingerprint density at radius 3 is 2.67 bits per heavy atom. The van der Waals surface area contributed by atoms with Crippen molar-refractivity contribution < 1.29 is 9.90 Å². The number of rotatable bonds is 1. The average Bonchev–Trinajstić information content (AvgIpc) is 2.16. The van der Waals surface area contributed by atoms with Gasteiger partial charge in [-0.25, -0.2) is 9.78 Å².